The molecule has 0 saturated carbocycles. The average molecular weight is 410 g/mol. The zero-order valence-corrected chi connectivity index (χ0v) is 15.0. The van der Waals surface area contributed by atoms with Crippen LogP contribution in [0, 0.1) is 5.82 Å². The minimum absolute atomic E-state index is 0.00257. The van der Waals surface area contributed by atoms with E-state index >= 15 is 4.39 Å². The van der Waals surface area contributed by atoms with Gasteiger partial charge >= 0.3 is 0 Å². The van der Waals surface area contributed by atoms with Gasteiger partial charge in [-0.3, -0.25) is 4.79 Å². The number of nitrogens with two attached hydrogens (primary N) is 1. The van der Waals surface area contributed by atoms with Crippen LogP contribution in [0.1, 0.15) is 16.1 Å². The smallest absolute Gasteiger partial charge is 0.283 e. The molecule has 28 heavy (non-hydrogen) atoms. The van der Waals surface area contributed by atoms with E-state index < -0.39 is 23.0 Å². The number of halogens is 3. The van der Waals surface area contributed by atoms with Crippen LogP contribution in [0.15, 0.2) is 35.6 Å². The third-order valence-corrected chi connectivity index (χ3v) is 4.83. The average Bonchev–Trinajstić information content (AvgIpc) is 3.01. The van der Waals surface area contributed by atoms with Crippen molar-refractivity contribution in [3.8, 4) is 0 Å². The number of amides is 1. The maximum atomic E-state index is 15.5. The van der Waals surface area contributed by atoms with E-state index in [2.05, 4.69) is 20.3 Å². The molecule has 2 aromatic rings. The van der Waals surface area contributed by atoms with Crippen molar-refractivity contribution >= 4 is 29.2 Å². The van der Waals surface area contributed by atoms with Crippen LogP contribution >= 0.6 is 11.6 Å². The number of nitrogens with zero attached hydrogens (tertiary/aromatic N) is 3. The highest BCUT2D eigenvalue weighted by Crippen LogP contribution is 2.48. The number of alkyl halides is 1. The van der Waals surface area contributed by atoms with E-state index in [4.69, 9.17) is 26.8 Å². The number of hydrogen-bond acceptors (Lipinski definition) is 7. The van der Waals surface area contributed by atoms with Crippen molar-refractivity contribution in [3.63, 3.8) is 0 Å². The van der Waals surface area contributed by atoms with Gasteiger partial charge in [0.15, 0.2) is 5.67 Å². The molecular weight excluding hydrogens is 396 g/mol. The Morgan fingerprint density at radius 3 is 2.86 bits per heavy atom. The van der Waals surface area contributed by atoms with E-state index in [0.29, 0.717) is 0 Å². The van der Waals surface area contributed by atoms with Crippen molar-refractivity contribution in [3.05, 3.63) is 52.8 Å². The molecule has 4 rings (SSSR count). The lowest BCUT2D eigenvalue weighted by atomic mass is 9.80. The number of amidine groups is 1. The van der Waals surface area contributed by atoms with Gasteiger partial charge < -0.3 is 20.5 Å². The van der Waals surface area contributed by atoms with Crippen LogP contribution in [0.2, 0.25) is 5.15 Å². The lowest BCUT2D eigenvalue weighted by Crippen LogP contribution is -2.57. The maximum Gasteiger partial charge on any atom is 0.283 e. The molecule has 2 aliphatic rings. The van der Waals surface area contributed by atoms with Gasteiger partial charge in [-0.1, -0.05) is 11.6 Å². The number of hydrogen-bond donors (Lipinski definition) is 2. The van der Waals surface area contributed by atoms with Crippen LogP contribution in [-0.4, -0.2) is 47.3 Å². The van der Waals surface area contributed by atoms with Gasteiger partial charge in [0.05, 0.1) is 32.2 Å². The van der Waals surface area contributed by atoms with Gasteiger partial charge in [0.2, 0.25) is 5.60 Å². The number of aromatic nitrogens is 2. The third kappa shape index (κ3) is 2.94. The van der Waals surface area contributed by atoms with Crippen molar-refractivity contribution in [1.29, 1.82) is 0 Å². The monoisotopic (exact) mass is 409 g/mol. The Kier molecular flexibility index (Phi) is 4.39. The van der Waals surface area contributed by atoms with Crippen LogP contribution in [0.3, 0.4) is 0 Å². The number of carbonyl (C=O) groups excluding carboxylic acids is 1. The largest absolute Gasteiger partial charge is 0.448 e. The number of fused-ring (bicyclic) bond motifs is 1. The van der Waals surface area contributed by atoms with E-state index in [1.54, 1.807) is 0 Å². The second-order valence-corrected chi connectivity index (χ2v) is 6.80. The molecule has 1 saturated heterocycles. The van der Waals surface area contributed by atoms with Crippen molar-refractivity contribution in [2.24, 2.45) is 10.7 Å². The van der Waals surface area contributed by atoms with Gasteiger partial charge in [-0.25, -0.2) is 23.7 Å². The van der Waals surface area contributed by atoms with E-state index in [1.807, 2.05) is 0 Å². The number of ether oxygens (including phenoxy) is 2. The lowest BCUT2D eigenvalue weighted by molar-refractivity contribution is -0.0718. The Labute approximate surface area is 162 Å². The van der Waals surface area contributed by atoms with Gasteiger partial charge in [-0.05, 0) is 18.2 Å². The zero-order chi connectivity index (χ0) is 19.9. The predicted molar refractivity (Wildman–Crippen MR) is 95.3 cm³/mol. The Morgan fingerprint density at radius 1 is 1.29 bits per heavy atom. The maximum absolute atomic E-state index is 15.5. The van der Waals surface area contributed by atoms with Gasteiger partial charge in [-0.15, -0.1) is 0 Å². The van der Waals surface area contributed by atoms with Crippen LogP contribution in [0.25, 0.3) is 0 Å². The van der Waals surface area contributed by atoms with Crippen LogP contribution in [0.5, 0.6) is 0 Å². The molecule has 11 heteroatoms. The van der Waals surface area contributed by atoms with Crippen molar-refractivity contribution < 1.29 is 23.0 Å². The Bertz CT molecular complexity index is 974. The summed E-state index contributed by atoms with van der Waals surface area (Å²) in [6.07, 6.45) is 2.41. The number of rotatable bonds is 3. The topological polar surface area (TPSA) is 112 Å². The molecule has 1 fully saturated rings. The number of nitrogens with one attached hydrogen (secondary N) is 1. The highest BCUT2D eigenvalue weighted by Gasteiger charge is 2.63. The van der Waals surface area contributed by atoms with Crippen molar-refractivity contribution in [1.82, 2.24) is 9.97 Å². The predicted octanol–water partition coefficient (Wildman–Crippen LogP) is 1.80. The molecule has 1 aromatic carbocycles. The molecule has 0 aliphatic carbocycles. The molecular formula is C17H14ClF2N5O3. The second kappa shape index (κ2) is 6.64. The molecule has 146 valence electrons. The minimum atomic E-state index is -2.10. The van der Waals surface area contributed by atoms with E-state index in [9.17, 15) is 9.18 Å². The highest BCUT2D eigenvalue weighted by molar-refractivity contribution is 6.29. The molecule has 1 aromatic heterocycles. The number of carbonyl (C=O) groups is 1. The lowest BCUT2D eigenvalue weighted by Gasteiger charge is -2.40. The normalized spacial score (nSPS) is 26.2. The Morgan fingerprint density at radius 2 is 2.11 bits per heavy atom. The van der Waals surface area contributed by atoms with Crippen LogP contribution < -0.4 is 11.1 Å². The van der Waals surface area contributed by atoms with E-state index in [-0.39, 0.29) is 47.9 Å². The standard InChI is InChI=1S/C17H14ClF2N5O3/c18-13-5-22-12(4-23-13)14(26)25-9-1-2-11(19)10(3-9)17-8-27-7-16(17,20)6-24-15(21)28-17/h1-5H,6-8H2,(H2,21,24)(H,25,26)/t16-,17-/m1/s1. The first-order valence-electron chi connectivity index (χ1n) is 8.17. The number of anilines is 1. The SMILES string of the molecule is NC1=NC[C@@]2(F)COC[C@]2(c2cc(NC(=O)c3cnc(Cl)cn3)ccc2F)O1. The van der Waals surface area contributed by atoms with E-state index in [0.717, 1.165) is 6.07 Å². The summed E-state index contributed by atoms with van der Waals surface area (Å²) in [5.74, 6) is -1.33. The number of aliphatic imine (C=N–C) groups is 1. The quantitative estimate of drug-likeness (QED) is 0.799. The highest BCUT2D eigenvalue weighted by atomic mass is 35.5. The fraction of sp³-hybridized carbons (Fsp3) is 0.294. The molecule has 0 bridgehead atoms. The fourth-order valence-electron chi connectivity index (χ4n) is 3.22. The molecule has 3 N–H and O–H groups in total. The Balaban J connectivity index is 1.69. The van der Waals surface area contributed by atoms with Gasteiger partial charge in [0, 0.05) is 11.3 Å². The van der Waals surface area contributed by atoms with Crippen LogP contribution in [0.4, 0.5) is 14.5 Å². The summed E-state index contributed by atoms with van der Waals surface area (Å²) in [5.41, 5.74) is 1.79. The van der Waals surface area contributed by atoms with Crippen molar-refractivity contribution in [2.45, 2.75) is 11.3 Å². The summed E-state index contributed by atoms with van der Waals surface area (Å²) < 4.78 is 40.8. The van der Waals surface area contributed by atoms with E-state index in [1.165, 1.54) is 24.5 Å². The molecule has 0 unspecified atom stereocenters. The summed E-state index contributed by atoms with van der Waals surface area (Å²) in [6.45, 7) is -0.897. The minimum Gasteiger partial charge on any atom is -0.448 e. The van der Waals surface area contributed by atoms with Gasteiger partial charge in [0.1, 0.15) is 16.7 Å². The van der Waals surface area contributed by atoms with Crippen molar-refractivity contribution in [2.75, 3.05) is 25.1 Å². The first-order valence-corrected chi connectivity index (χ1v) is 8.55. The molecule has 2 aliphatic heterocycles. The summed E-state index contributed by atoms with van der Waals surface area (Å²) in [5, 5.41) is 2.69. The summed E-state index contributed by atoms with van der Waals surface area (Å²) in [6, 6.07) is 3.44. The molecule has 2 atom stereocenters. The molecule has 0 radical (unpaired) electrons. The fourth-order valence-corrected chi connectivity index (χ4v) is 3.32. The second-order valence-electron chi connectivity index (χ2n) is 6.41. The molecule has 3 heterocycles. The third-order valence-electron chi connectivity index (χ3n) is 4.64. The summed E-state index contributed by atoms with van der Waals surface area (Å²) in [7, 11) is 0. The van der Waals surface area contributed by atoms with Crippen LogP contribution in [-0.2, 0) is 15.1 Å². The first-order chi connectivity index (χ1) is 13.3. The summed E-state index contributed by atoms with van der Waals surface area (Å²) >= 11 is 5.65. The first kappa shape index (κ1) is 18.5. The summed E-state index contributed by atoms with van der Waals surface area (Å²) in [4.78, 5) is 23.7. The van der Waals surface area contributed by atoms with Gasteiger partial charge in [-0.2, -0.15) is 0 Å². The Hall–Kier alpha value is -2.85. The molecule has 1 amide bonds. The van der Waals surface area contributed by atoms with Gasteiger partial charge in [0.25, 0.3) is 11.9 Å². The molecule has 0 spiro atoms. The molecule has 8 nitrogen and oxygen atoms in total. The zero-order valence-electron chi connectivity index (χ0n) is 14.3. The number of benzene rings is 1.